The molecule has 2 saturated heterocycles. The van der Waals surface area contributed by atoms with Crippen LogP contribution in [0.2, 0.25) is 5.02 Å². The molecule has 0 aliphatic carbocycles. The SMILES string of the molecule is C[C@@H]1[NH2+][C@@]2(C(=O)Nc3c(Cl)cccc32)[C@@H]2C(=O)N(CCc3ccccc3)C(=O)[C@H]12. The zero-order chi connectivity index (χ0) is 20.3. The first kappa shape index (κ1) is 18.3. The van der Waals surface area contributed by atoms with Crippen LogP contribution in [0.1, 0.15) is 18.1 Å². The van der Waals surface area contributed by atoms with Crippen molar-refractivity contribution in [3.05, 3.63) is 64.7 Å². The molecule has 0 saturated carbocycles. The summed E-state index contributed by atoms with van der Waals surface area (Å²) >= 11 is 6.30. The lowest BCUT2D eigenvalue weighted by Crippen LogP contribution is -2.98. The molecule has 0 radical (unpaired) electrons. The lowest BCUT2D eigenvalue weighted by molar-refractivity contribution is -0.730. The number of nitrogens with one attached hydrogen (secondary N) is 1. The quantitative estimate of drug-likeness (QED) is 0.748. The highest BCUT2D eigenvalue weighted by Gasteiger charge is 2.73. The number of halogens is 1. The largest absolute Gasteiger partial charge is 0.326 e. The first-order valence-corrected chi connectivity index (χ1v) is 10.2. The third-order valence-corrected chi connectivity index (χ3v) is 6.88. The predicted molar refractivity (Wildman–Crippen MR) is 107 cm³/mol. The predicted octanol–water partition coefficient (Wildman–Crippen LogP) is 1.30. The third-order valence-electron chi connectivity index (χ3n) is 6.57. The molecule has 4 atom stereocenters. The number of hydrogen-bond donors (Lipinski definition) is 2. The van der Waals surface area contributed by atoms with Crippen molar-refractivity contribution in [3.63, 3.8) is 0 Å². The van der Waals surface area contributed by atoms with Crippen molar-refractivity contribution < 1.29 is 19.7 Å². The van der Waals surface area contributed by atoms with Gasteiger partial charge < -0.3 is 10.6 Å². The Hall–Kier alpha value is -2.70. The van der Waals surface area contributed by atoms with Gasteiger partial charge in [-0.25, -0.2) is 0 Å². The van der Waals surface area contributed by atoms with Gasteiger partial charge in [0.1, 0.15) is 11.8 Å². The van der Waals surface area contributed by atoms with Gasteiger partial charge in [0.25, 0.3) is 5.91 Å². The molecule has 1 spiro atoms. The number of rotatable bonds is 3. The van der Waals surface area contributed by atoms with E-state index in [-0.39, 0.29) is 23.8 Å². The minimum Gasteiger partial charge on any atom is -0.326 e. The highest BCUT2D eigenvalue weighted by atomic mass is 35.5. The first-order valence-electron chi connectivity index (χ1n) is 9.81. The number of nitrogens with zero attached hydrogens (tertiary/aromatic N) is 1. The molecule has 3 aliphatic rings. The van der Waals surface area contributed by atoms with E-state index in [0.29, 0.717) is 29.2 Å². The van der Waals surface area contributed by atoms with Gasteiger partial charge in [0.15, 0.2) is 0 Å². The van der Waals surface area contributed by atoms with Crippen molar-refractivity contribution >= 4 is 35.0 Å². The van der Waals surface area contributed by atoms with Crippen molar-refractivity contribution in [3.8, 4) is 0 Å². The maximum absolute atomic E-state index is 13.4. The van der Waals surface area contributed by atoms with Gasteiger partial charge in [-0.3, -0.25) is 19.3 Å². The molecular weight excluding hydrogens is 390 g/mol. The Balaban J connectivity index is 1.52. The first-order chi connectivity index (χ1) is 13.9. The second kappa shape index (κ2) is 6.40. The highest BCUT2D eigenvalue weighted by molar-refractivity contribution is 6.35. The summed E-state index contributed by atoms with van der Waals surface area (Å²) < 4.78 is 0. The van der Waals surface area contributed by atoms with Gasteiger partial charge in [-0.15, -0.1) is 0 Å². The smallest absolute Gasteiger partial charge is 0.291 e. The van der Waals surface area contributed by atoms with Crippen molar-refractivity contribution in [1.29, 1.82) is 0 Å². The monoisotopic (exact) mass is 410 g/mol. The second-order valence-electron chi connectivity index (χ2n) is 8.08. The number of imide groups is 1. The summed E-state index contributed by atoms with van der Waals surface area (Å²) in [5, 5.41) is 5.17. The Morgan fingerprint density at radius 2 is 1.83 bits per heavy atom. The molecule has 3 N–H and O–H groups in total. The topological polar surface area (TPSA) is 83.1 Å². The average Bonchev–Trinajstić information content (AvgIpc) is 3.27. The van der Waals surface area contributed by atoms with E-state index in [9.17, 15) is 14.4 Å². The molecule has 6 nitrogen and oxygen atoms in total. The van der Waals surface area contributed by atoms with Crippen LogP contribution < -0.4 is 10.6 Å². The number of para-hydroxylation sites is 1. The molecule has 2 aromatic carbocycles. The number of likely N-dealkylation sites (tertiary alicyclic amines) is 1. The number of fused-ring (bicyclic) bond motifs is 4. The highest BCUT2D eigenvalue weighted by Crippen LogP contribution is 2.50. The molecule has 5 rings (SSSR count). The van der Waals surface area contributed by atoms with Crippen molar-refractivity contribution in [2.75, 3.05) is 11.9 Å². The molecule has 0 unspecified atom stereocenters. The van der Waals surface area contributed by atoms with Crippen molar-refractivity contribution in [2.24, 2.45) is 11.8 Å². The van der Waals surface area contributed by atoms with E-state index in [1.807, 2.05) is 48.6 Å². The van der Waals surface area contributed by atoms with Crippen LogP contribution in [0.5, 0.6) is 0 Å². The number of amides is 3. The van der Waals surface area contributed by atoms with Crippen LogP contribution in [0.15, 0.2) is 48.5 Å². The second-order valence-corrected chi connectivity index (χ2v) is 8.49. The minimum absolute atomic E-state index is 0.181. The summed E-state index contributed by atoms with van der Waals surface area (Å²) in [5.41, 5.74) is 1.17. The standard InChI is InChI=1S/C22H20ClN3O3/c1-12-16-17(20(28)26(19(16)27)11-10-13-6-3-2-4-7-13)22(25-12)14-8-5-9-15(23)18(14)24-21(22)29/h2-9,12,16-17,25H,10-11H2,1H3,(H,24,29)/p+1/t12-,16+,17-,22+/m0/s1. The van der Waals surface area contributed by atoms with Gasteiger partial charge in [-0.2, -0.15) is 0 Å². The molecule has 2 aromatic rings. The Bertz CT molecular complexity index is 1040. The fourth-order valence-corrected chi connectivity index (χ4v) is 5.52. The molecule has 3 aliphatic heterocycles. The summed E-state index contributed by atoms with van der Waals surface area (Å²) in [7, 11) is 0. The van der Waals surface area contributed by atoms with E-state index >= 15 is 0 Å². The molecule has 3 amide bonds. The van der Waals surface area contributed by atoms with Gasteiger partial charge in [-0.05, 0) is 31.0 Å². The van der Waals surface area contributed by atoms with Gasteiger partial charge in [-0.1, -0.05) is 48.0 Å². The zero-order valence-corrected chi connectivity index (χ0v) is 16.6. The Kier molecular flexibility index (Phi) is 4.05. The maximum atomic E-state index is 13.4. The van der Waals surface area contributed by atoms with E-state index in [4.69, 9.17) is 11.6 Å². The van der Waals surface area contributed by atoms with Gasteiger partial charge in [0, 0.05) is 12.1 Å². The molecule has 7 heteroatoms. The van der Waals surface area contributed by atoms with Crippen LogP contribution in [-0.2, 0) is 26.3 Å². The molecule has 0 bridgehead atoms. The van der Waals surface area contributed by atoms with Crippen LogP contribution in [0.25, 0.3) is 0 Å². The number of carbonyl (C=O) groups is 3. The number of benzene rings is 2. The van der Waals surface area contributed by atoms with Crippen molar-refractivity contribution in [1.82, 2.24) is 4.90 Å². The Morgan fingerprint density at radius 1 is 1.07 bits per heavy atom. The summed E-state index contributed by atoms with van der Waals surface area (Å²) in [6.45, 7) is 2.23. The fraction of sp³-hybridized carbons (Fsp3) is 0.318. The average molecular weight is 411 g/mol. The normalized spacial score (nSPS) is 30.1. The number of hydrogen-bond acceptors (Lipinski definition) is 3. The molecule has 29 heavy (non-hydrogen) atoms. The summed E-state index contributed by atoms with van der Waals surface area (Å²) in [4.78, 5) is 41.1. The molecule has 3 heterocycles. The number of carbonyl (C=O) groups excluding carboxylic acids is 3. The van der Waals surface area contributed by atoms with Gasteiger partial charge >= 0.3 is 0 Å². The van der Waals surface area contributed by atoms with Gasteiger partial charge in [0.2, 0.25) is 17.4 Å². The van der Waals surface area contributed by atoms with E-state index in [1.165, 1.54) is 4.90 Å². The Labute approximate surface area is 173 Å². The molecule has 148 valence electrons. The minimum atomic E-state index is -1.14. The Morgan fingerprint density at radius 3 is 2.59 bits per heavy atom. The van der Waals surface area contributed by atoms with Crippen LogP contribution in [0.4, 0.5) is 5.69 Å². The molecular formula is C22H21ClN3O3+. The van der Waals surface area contributed by atoms with Crippen molar-refractivity contribution in [2.45, 2.75) is 24.9 Å². The van der Waals surface area contributed by atoms with E-state index in [1.54, 1.807) is 12.1 Å². The van der Waals surface area contributed by atoms with Crippen LogP contribution in [0, 0.1) is 11.8 Å². The number of anilines is 1. The van der Waals surface area contributed by atoms with Crippen LogP contribution >= 0.6 is 11.6 Å². The van der Waals surface area contributed by atoms with Gasteiger partial charge in [0.05, 0.1) is 16.8 Å². The summed E-state index contributed by atoms with van der Waals surface area (Å²) in [6, 6.07) is 14.9. The van der Waals surface area contributed by atoms with E-state index in [2.05, 4.69) is 5.32 Å². The fourth-order valence-electron chi connectivity index (χ4n) is 5.30. The molecule has 0 aromatic heterocycles. The number of nitrogens with two attached hydrogens (primary N) is 1. The lowest BCUT2D eigenvalue weighted by Gasteiger charge is -2.25. The number of quaternary nitrogens is 1. The zero-order valence-electron chi connectivity index (χ0n) is 15.9. The van der Waals surface area contributed by atoms with E-state index in [0.717, 1.165) is 5.56 Å². The van der Waals surface area contributed by atoms with Crippen LogP contribution in [0.3, 0.4) is 0 Å². The summed E-state index contributed by atoms with van der Waals surface area (Å²) in [6.07, 6.45) is 0.595. The van der Waals surface area contributed by atoms with Crippen LogP contribution in [-0.4, -0.2) is 35.2 Å². The third kappa shape index (κ3) is 2.42. The van der Waals surface area contributed by atoms with E-state index < -0.39 is 17.4 Å². The summed E-state index contributed by atoms with van der Waals surface area (Å²) in [5.74, 6) is -1.96. The lowest BCUT2D eigenvalue weighted by atomic mass is 9.76. The maximum Gasteiger partial charge on any atom is 0.291 e. The molecule has 2 fully saturated rings.